The molecule has 4 rings (SSSR count). The molecular formula is C27H32FN3O3S2. The van der Waals surface area contributed by atoms with Gasteiger partial charge in [-0.25, -0.2) is 17.8 Å². The summed E-state index contributed by atoms with van der Waals surface area (Å²) in [7, 11) is -3.26. The molecule has 2 aromatic carbocycles. The number of nitrogens with zero attached hydrogens (tertiary/aromatic N) is 2. The van der Waals surface area contributed by atoms with Crippen molar-refractivity contribution in [3.63, 3.8) is 0 Å². The van der Waals surface area contributed by atoms with Crippen LogP contribution in [0.15, 0.2) is 53.4 Å². The fourth-order valence-electron chi connectivity index (χ4n) is 4.72. The molecule has 2 atom stereocenters. The zero-order chi connectivity index (χ0) is 26.0. The predicted molar refractivity (Wildman–Crippen MR) is 141 cm³/mol. The van der Waals surface area contributed by atoms with Crippen LogP contribution in [0, 0.1) is 11.7 Å². The number of thiazole rings is 1. The minimum absolute atomic E-state index is 0.0430. The standard InChI is InChI=1S/C27H32FN3O3S2/c1-5-36(33,34)22-12-8-20(9-13-22)15-24(32)29-27-30-25-23(35-27)16-31(26(25)17(2)3)18(4)14-19-6-10-21(28)11-7-19/h6-13,17-18,26H,5,14-16H2,1-4H3,(H,29,30,32)/t18-,26+/m0/s1. The Kier molecular flexibility index (Phi) is 7.92. The van der Waals surface area contributed by atoms with Crippen molar-refractivity contribution in [3.05, 3.63) is 76.0 Å². The molecule has 0 aliphatic carbocycles. The third-order valence-corrected chi connectivity index (χ3v) is 9.33. The van der Waals surface area contributed by atoms with Gasteiger partial charge in [-0.1, -0.05) is 45.0 Å². The van der Waals surface area contributed by atoms with Crippen LogP contribution in [0.5, 0.6) is 0 Å². The number of rotatable bonds is 9. The average Bonchev–Trinajstić information content (AvgIpc) is 3.38. The van der Waals surface area contributed by atoms with Crippen LogP contribution in [0.25, 0.3) is 0 Å². The first-order valence-corrected chi connectivity index (χ1v) is 14.7. The van der Waals surface area contributed by atoms with Gasteiger partial charge in [0.25, 0.3) is 0 Å². The highest BCUT2D eigenvalue weighted by Crippen LogP contribution is 2.43. The van der Waals surface area contributed by atoms with Crippen molar-refractivity contribution >= 4 is 32.2 Å². The summed E-state index contributed by atoms with van der Waals surface area (Å²) in [4.78, 5) is 21.3. The van der Waals surface area contributed by atoms with Gasteiger partial charge in [-0.05, 0) is 54.7 Å². The van der Waals surface area contributed by atoms with E-state index in [2.05, 4.69) is 31.0 Å². The molecule has 1 amide bonds. The number of nitrogens with one attached hydrogen (secondary N) is 1. The third-order valence-electron chi connectivity index (χ3n) is 6.61. The third kappa shape index (κ3) is 5.85. The van der Waals surface area contributed by atoms with Gasteiger partial charge in [0, 0.05) is 17.5 Å². The molecule has 0 radical (unpaired) electrons. The first kappa shape index (κ1) is 26.4. The molecule has 0 spiro atoms. The number of halogens is 1. The van der Waals surface area contributed by atoms with Crippen molar-refractivity contribution in [2.75, 3.05) is 11.1 Å². The van der Waals surface area contributed by atoms with Crippen LogP contribution in [0.2, 0.25) is 0 Å². The normalized spacial score (nSPS) is 16.8. The number of carbonyl (C=O) groups is 1. The van der Waals surface area contributed by atoms with E-state index >= 15 is 0 Å². The molecule has 6 nitrogen and oxygen atoms in total. The fourth-order valence-corrected chi connectivity index (χ4v) is 6.63. The Morgan fingerprint density at radius 1 is 1.11 bits per heavy atom. The summed E-state index contributed by atoms with van der Waals surface area (Å²) >= 11 is 1.51. The SMILES string of the molecule is CCS(=O)(=O)c1ccc(CC(=O)Nc2nc3c(s2)CN([C@@H](C)Cc2ccc(F)cc2)[C@@H]3C(C)C)cc1. The summed E-state index contributed by atoms with van der Waals surface area (Å²) in [6.45, 7) is 8.92. The highest BCUT2D eigenvalue weighted by Gasteiger charge is 2.38. The number of benzene rings is 2. The number of hydrogen-bond acceptors (Lipinski definition) is 6. The van der Waals surface area contributed by atoms with Crippen molar-refractivity contribution < 1.29 is 17.6 Å². The molecule has 0 saturated heterocycles. The monoisotopic (exact) mass is 529 g/mol. The van der Waals surface area contributed by atoms with Crippen LogP contribution < -0.4 is 5.32 Å². The number of carbonyl (C=O) groups excluding carboxylic acids is 1. The van der Waals surface area contributed by atoms with Gasteiger partial charge < -0.3 is 5.32 Å². The van der Waals surface area contributed by atoms with Crippen LogP contribution in [-0.4, -0.2) is 36.0 Å². The fraction of sp³-hybridized carbons (Fsp3) is 0.407. The molecule has 9 heteroatoms. The van der Waals surface area contributed by atoms with Gasteiger partial charge in [0.1, 0.15) is 5.82 Å². The Balaban J connectivity index is 1.41. The lowest BCUT2D eigenvalue weighted by atomic mass is 9.98. The molecule has 0 bridgehead atoms. The minimum atomic E-state index is -3.26. The lowest BCUT2D eigenvalue weighted by Crippen LogP contribution is -2.35. The first-order chi connectivity index (χ1) is 17.1. The van der Waals surface area contributed by atoms with Crippen molar-refractivity contribution in [2.45, 2.75) is 64.1 Å². The van der Waals surface area contributed by atoms with Gasteiger partial charge in [0.05, 0.1) is 28.8 Å². The highest BCUT2D eigenvalue weighted by atomic mass is 32.2. The quantitative estimate of drug-likeness (QED) is 0.402. The van der Waals surface area contributed by atoms with Crippen LogP contribution in [0.1, 0.15) is 55.4 Å². The minimum Gasteiger partial charge on any atom is -0.302 e. The van der Waals surface area contributed by atoms with Gasteiger partial charge in [-0.15, -0.1) is 11.3 Å². The number of sulfone groups is 1. The summed E-state index contributed by atoms with van der Waals surface area (Å²) in [5.74, 6) is -0.0295. The molecule has 192 valence electrons. The van der Waals surface area contributed by atoms with Crippen molar-refractivity contribution in [1.29, 1.82) is 0 Å². The summed E-state index contributed by atoms with van der Waals surface area (Å²) in [5, 5.41) is 3.51. The van der Waals surface area contributed by atoms with Gasteiger partial charge >= 0.3 is 0 Å². The number of amides is 1. The molecule has 1 aromatic heterocycles. The molecular weight excluding hydrogens is 497 g/mol. The second kappa shape index (κ2) is 10.8. The number of hydrogen-bond donors (Lipinski definition) is 1. The van der Waals surface area contributed by atoms with Crippen LogP contribution >= 0.6 is 11.3 Å². The second-order valence-electron chi connectivity index (χ2n) is 9.64. The van der Waals surface area contributed by atoms with E-state index in [0.29, 0.717) is 11.0 Å². The van der Waals surface area contributed by atoms with Gasteiger partial charge in [0.15, 0.2) is 15.0 Å². The molecule has 3 aromatic rings. The average molecular weight is 530 g/mol. The zero-order valence-corrected chi connectivity index (χ0v) is 22.6. The van der Waals surface area contributed by atoms with Gasteiger partial charge in [-0.3, -0.25) is 9.69 Å². The number of anilines is 1. The number of aromatic nitrogens is 1. The zero-order valence-electron chi connectivity index (χ0n) is 21.0. The maximum atomic E-state index is 13.3. The lowest BCUT2D eigenvalue weighted by Gasteiger charge is -2.33. The second-order valence-corrected chi connectivity index (χ2v) is 13.0. The molecule has 36 heavy (non-hydrogen) atoms. The highest BCUT2D eigenvalue weighted by molar-refractivity contribution is 7.91. The summed E-state index contributed by atoms with van der Waals surface area (Å²) in [6.07, 6.45) is 0.964. The molecule has 0 unspecified atom stereocenters. The molecule has 0 fully saturated rings. The van der Waals surface area contributed by atoms with Crippen molar-refractivity contribution in [1.82, 2.24) is 9.88 Å². The van der Waals surface area contributed by atoms with Crippen LogP contribution in [0.3, 0.4) is 0 Å². The Labute approximate surface area is 216 Å². The van der Waals surface area contributed by atoms with Crippen LogP contribution in [-0.2, 0) is 34.0 Å². The predicted octanol–water partition coefficient (Wildman–Crippen LogP) is 5.40. The molecule has 0 saturated carbocycles. The van der Waals surface area contributed by atoms with E-state index in [1.165, 1.54) is 23.5 Å². The van der Waals surface area contributed by atoms with E-state index in [4.69, 9.17) is 4.98 Å². The Bertz CT molecular complexity index is 1320. The molecule has 1 aliphatic heterocycles. The van der Waals surface area contributed by atoms with E-state index in [1.807, 2.05) is 12.1 Å². The Hall–Kier alpha value is -2.62. The van der Waals surface area contributed by atoms with E-state index in [9.17, 15) is 17.6 Å². The Morgan fingerprint density at radius 2 is 1.75 bits per heavy atom. The van der Waals surface area contributed by atoms with Crippen molar-refractivity contribution in [3.8, 4) is 0 Å². The van der Waals surface area contributed by atoms with E-state index in [-0.39, 0.29) is 40.9 Å². The van der Waals surface area contributed by atoms with Gasteiger partial charge in [-0.2, -0.15) is 0 Å². The molecule has 1 N–H and O–H groups in total. The molecule has 2 heterocycles. The van der Waals surface area contributed by atoms with Gasteiger partial charge in [0.2, 0.25) is 5.91 Å². The van der Waals surface area contributed by atoms with E-state index in [1.54, 1.807) is 31.2 Å². The Morgan fingerprint density at radius 3 is 2.36 bits per heavy atom. The summed E-state index contributed by atoms with van der Waals surface area (Å²) in [6, 6.07) is 13.5. The van der Waals surface area contributed by atoms with Crippen LogP contribution in [0.4, 0.5) is 9.52 Å². The topological polar surface area (TPSA) is 79.4 Å². The summed E-state index contributed by atoms with van der Waals surface area (Å²) in [5.41, 5.74) is 2.86. The maximum absolute atomic E-state index is 13.3. The maximum Gasteiger partial charge on any atom is 0.230 e. The van der Waals surface area contributed by atoms with E-state index in [0.717, 1.165) is 34.7 Å². The summed E-state index contributed by atoms with van der Waals surface area (Å²) < 4.78 is 37.3. The molecule has 1 aliphatic rings. The first-order valence-electron chi connectivity index (χ1n) is 12.2. The number of fused-ring (bicyclic) bond motifs is 1. The van der Waals surface area contributed by atoms with E-state index < -0.39 is 9.84 Å². The largest absolute Gasteiger partial charge is 0.302 e. The van der Waals surface area contributed by atoms with Crippen molar-refractivity contribution in [2.24, 2.45) is 5.92 Å². The smallest absolute Gasteiger partial charge is 0.230 e. The lowest BCUT2D eigenvalue weighted by molar-refractivity contribution is -0.115.